The number of benzene rings is 1. The normalized spacial score (nSPS) is 18.8. The van der Waals surface area contributed by atoms with Crippen molar-refractivity contribution in [3.63, 3.8) is 0 Å². The Morgan fingerprint density at radius 3 is 2.42 bits per heavy atom. The van der Waals surface area contributed by atoms with Crippen molar-refractivity contribution in [2.75, 3.05) is 13.1 Å². The smallest absolute Gasteiger partial charge is 0.253 e. The molecule has 0 bridgehead atoms. The highest BCUT2D eigenvalue weighted by Crippen LogP contribution is 2.15. The van der Waals surface area contributed by atoms with Crippen LogP contribution in [0.1, 0.15) is 16.8 Å². The van der Waals surface area contributed by atoms with Crippen LogP contribution in [0.2, 0.25) is 0 Å². The molecule has 1 aromatic heterocycles. The fourth-order valence-electron chi connectivity index (χ4n) is 2.39. The minimum atomic E-state index is -0.372. The summed E-state index contributed by atoms with van der Waals surface area (Å²) in [4.78, 5) is 13.9. The molecule has 3 rings (SSSR count). The average molecular weight is 256 g/mol. The Morgan fingerprint density at radius 2 is 1.84 bits per heavy atom. The van der Waals surface area contributed by atoms with Gasteiger partial charge in [-0.1, -0.05) is 0 Å². The fraction of sp³-hybridized carbons (Fsp3) is 0.267. The number of amides is 1. The van der Waals surface area contributed by atoms with Gasteiger partial charge in [-0.25, -0.2) is 0 Å². The van der Waals surface area contributed by atoms with Gasteiger partial charge >= 0.3 is 0 Å². The molecule has 1 amide bonds. The van der Waals surface area contributed by atoms with Crippen molar-refractivity contribution in [2.45, 2.75) is 12.5 Å². The van der Waals surface area contributed by atoms with Crippen molar-refractivity contribution >= 4 is 5.91 Å². The number of hydrogen-bond acceptors (Lipinski definition) is 2. The van der Waals surface area contributed by atoms with Gasteiger partial charge in [-0.3, -0.25) is 4.79 Å². The molecule has 1 aliphatic rings. The van der Waals surface area contributed by atoms with E-state index in [2.05, 4.69) is 0 Å². The second-order valence-electron chi connectivity index (χ2n) is 4.83. The van der Waals surface area contributed by atoms with Crippen molar-refractivity contribution < 1.29 is 9.90 Å². The lowest BCUT2D eigenvalue weighted by molar-refractivity contribution is 0.0765. The lowest BCUT2D eigenvalue weighted by atomic mass is 10.2. The first-order valence-electron chi connectivity index (χ1n) is 6.45. The molecule has 1 aromatic carbocycles. The fourth-order valence-corrected chi connectivity index (χ4v) is 2.39. The number of aliphatic hydroxyl groups excluding tert-OH is 1. The number of hydrogen-bond donors (Lipinski definition) is 1. The zero-order chi connectivity index (χ0) is 13.2. The minimum absolute atomic E-state index is 0.00407. The van der Waals surface area contributed by atoms with Gasteiger partial charge in [0.2, 0.25) is 0 Å². The molecule has 0 saturated carbocycles. The SMILES string of the molecule is O=C(c1ccc(-n2cccc2)cc1)N1CCC(O)C1. The Bertz CT molecular complexity index is 560. The lowest BCUT2D eigenvalue weighted by Gasteiger charge is -2.15. The zero-order valence-electron chi connectivity index (χ0n) is 10.6. The summed E-state index contributed by atoms with van der Waals surface area (Å²) in [7, 11) is 0. The number of aromatic nitrogens is 1. The molecule has 2 heterocycles. The van der Waals surface area contributed by atoms with Crippen LogP contribution in [-0.2, 0) is 0 Å². The highest BCUT2D eigenvalue weighted by Gasteiger charge is 2.25. The molecule has 0 aliphatic carbocycles. The Balaban J connectivity index is 1.77. The van der Waals surface area contributed by atoms with E-state index in [0.29, 0.717) is 25.1 Å². The van der Waals surface area contributed by atoms with Crippen LogP contribution >= 0.6 is 0 Å². The number of carbonyl (C=O) groups is 1. The molecular weight excluding hydrogens is 240 g/mol. The summed E-state index contributed by atoms with van der Waals surface area (Å²) in [5.41, 5.74) is 1.70. The third-order valence-electron chi connectivity index (χ3n) is 3.47. The van der Waals surface area contributed by atoms with Gasteiger partial charge in [0.05, 0.1) is 6.10 Å². The third kappa shape index (κ3) is 2.39. The van der Waals surface area contributed by atoms with Gasteiger partial charge in [0.15, 0.2) is 0 Å². The van der Waals surface area contributed by atoms with E-state index in [-0.39, 0.29) is 12.0 Å². The van der Waals surface area contributed by atoms with E-state index in [1.165, 1.54) is 0 Å². The standard InChI is InChI=1S/C15H16N2O2/c18-14-7-10-17(11-14)15(19)12-3-5-13(6-4-12)16-8-1-2-9-16/h1-6,8-9,14,18H,7,10-11H2. The van der Waals surface area contributed by atoms with Gasteiger partial charge in [0.1, 0.15) is 0 Å². The number of aliphatic hydroxyl groups is 1. The summed E-state index contributed by atoms with van der Waals surface area (Å²) in [5, 5.41) is 9.47. The second-order valence-corrected chi connectivity index (χ2v) is 4.83. The van der Waals surface area contributed by atoms with Crippen LogP contribution in [0.3, 0.4) is 0 Å². The molecule has 1 unspecified atom stereocenters. The van der Waals surface area contributed by atoms with Crippen LogP contribution in [0.4, 0.5) is 0 Å². The Morgan fingerprint density at radius 1 is 1.16 bits per heavy atom. The molecule has 4 nitrogen and oxygen atoms in total. The van der Waals surface area contributed by atoms with Gasteiger partial charge in [-0.2, -0.15) is 0 Å². The Hall–Kier alpha value is -2.07. The number of carbonyl (C=O) groups excluding carboxylic acids is 1. The summed E-state index contributed by atoms with van der Waals surface area (Å²) in [5.74, 6) is -0.00407. The van der Waals surface area contributed by atoms with E-state index in [9.17, 15) is 9.90 Å². The molecule has 0 radical (unpaired) electrons. The number of rotatable bonds is 2. The van der Waals surface area contributed by atoms with E-state index in [4.69, 9.17) is 0 Å². The predicted octanol–water partition coefficient (Wildman–Crippen LogP) is 1.68. The molecule has 1 aliphatic heterocycles. The maximum absolute atomic E-state index is 12.2. The average Bonchev–Trinajstić information content (AvgIpc) is 3.09. The van der Waals surface area contributed by atoms with Crippen LogP contribution in [0.15, 0.2) is 48.8 Å². The van der Waals surface area contributed by atoms with Crippen molar-refractivity contribution in [3.8, 4) is 5.69 Å². The molecular formula is C15H16N2O2. The highest BCUT2D eigenvalue weighted by atomic mass is 16.3. The van der Waals surface area contributed by atoms with E-state index in [1.807, 2.05) is 53.4 Å². The van der Waals surface area contributed by atoms with Crippen LogP contribution in [0.5, 0.6) is 0 Å². The third-order valence-corrected chi connectivity index (χ3v) is 3.47. The summed E-state index contributed by atoms with van der Waals surface area (Å²) >= 11 is 0. The molecule has 19 heavy (non-hydrogen) atoms. The molecule has 0 spiro atoms. The van der Waals surface area contributed by atoms with Crippen molar-refractivity contribution in [1.82, 2.24) is 9.47 Å². The second kappa shape index (κ2) is 4.90. The molecule has 1 atom stereocenters. The van der Waals surface area contributed by atoms with Crippen LogP contribution < -0.4 is 0 Å². The first-order valence-corrected chi connectivity index (χ1v) is 6.45. The lowest BCUT2D eigenvalue weighted by Crippen LogP contribution is -2.29. The molecule has 1 N–H and O–H groups in total. The monoisotopic (exact) mass is 256 g/mol. The summed E-state index contributed by atoms with van der Waals surface area (Å²) in [6.07, 6.45) is 4.23. The van der Waals surface area contributed by atoms with Crippen molar-refractivity contribution in [1.29, 1.82) is 0 Å². The van der Waals surface area contributed by atoms with Crippen molar-refractivity contribution in [3.05, 3.63) is 54.4 Å². The molecule has 1 saturated heterocycles. The zero-order valence-corrected chi connectivity index (χ0v) is 10.6. The Labute approximate surface area is 111 Å². The van der Waals surface area contributed by atoms with Gasteiger partial charge in [-0.05, 0) is 42.8 Å². The molecule has 1 fully saturated rings. The largest absolute Gasteiger partial charge is 0.391 e. The molecule has 98 valence electrons. The minimum Gasteiger partial charge on any atom is -0.391 e. The Kier molecular flexibility index (Phi) is 3.09. The summed E-state index contributed by atoms with van der Waals surface area (Å²) in [6, 6.07) is 11.5. The van der Waals surface area contributed by atoms with E-state index in [1.54, 1.807) is 4.90 Å². The first-order chi connectivity index (χ1) is 9.24. The van der Waals surface area contributed by atoms with E-state index >= 15 is 0 Å². The maximum atomic E-state index is 12.2. The number of nitrogens with zero attached hydrogens (tertiary/aromatic N) is 2. The van der Waals surface area contributed by atoms with Crippen LogP contribution in [-0.4, -0.2) is 39.7 Å². The van der Waals surface area contributed by atoms with E-state index in [0.717, 1.165) is 5.69 Å². The van der Waals surface area contributed by atoms with Gasteiger partial charge in [0, 0.05) is 36.7 Å². The highest BCUT2D eigenvalue weighted by molar-refractivity contribution is 5.94. The molecule has 4 heteroatoms. The van der Waals surface area contributed by atoms with Gasteiger partial charge in [-0.15, -0.1) is 0 Å². The van der Waals surface area contributed by atoms with Crippen LogP contribution in [0.25, 0.3) is 5.69 Å². The van der Waals surface area contributed by atoms with Crippen molar-refractivity contribution in [2.24, 2.45) is 0 Å². The van der Waals surface area contributed by atoms with Gasteiger partial charge in [0.25, 0.3) is 5.91 Å². The predicted molar refractivity (Wildman–Crippen MR) is 72.3 cm³/mol. The first kappa shape index (κ1) is 12.0. The number of β-amino-alcohol motifs (C(OH)–C–C–N with tert-alkyl or cyclic N) is 1. The van der Waals surface area contributed by atoms with Crippen LogP contribution in [0, 0.1) is 0 Å². The number of likely N-dealkylation sites (tertiary alicyclic amines) is 1. The van der Waals surface area contributed by atoms with E-state index < -0.39 is 0 Å². The van der Waals surface area contributed by atoms with Gasteiger partial charge < -0.3 is 14.6 Å². The molecule has 2 aromatic rings. The topological polar surface area (TPSA) is 45.5 Å². The summed E-state index contributed by atoms with van der Waals surface area (Å²) in [6.45, 7) is 1.08. The summed E-state index contributed by atoms with van der Waals surface area (Å²) < 4.78 is 1.99. The maximum Gasteiger partial charge on any atom is 0.253 e. The quantitative estimate of drug-likeness (QED) is 0.888.